The lowest BCUT2D eigenvalue weighted by molar-refractivity contribution is -0.113. The minimum atomic E-state index is -0.116. The molecule has 0 atom stereocenters. The van der Waals surface area contributed by atoms with Crippen LogP contribution < -0.4 is 10.1 Å². The Kier molecular flexibility index (Phi) is 6.59. The molecule has 28 heavy (non-hydrogen) atoms. The van der Waals surface area contributed by atoms with Gasteiger partial charge in [-0.2, -0.15) is 0 Å². The number of aryl methyl sites for hydroxylation is 1. The largest absolute Gasteiger partial charge is 0.497 e. The Morgan fingerprint density at radius 2 is 1.96 bits per heavy atom. The molecule has 2 aromatic carbocycles. The van der Waals surface area contributed by atoms with Gasteiger partial charge in [0.15, 0.2) is 5.16 Å². The zero-order chi connectivity index (χ0) is 20.1. The first-order valence-corrected chi connectivity index (χ1v) is 10.0. The quantitative estimate of drug-likeness (QED) is 0.587. The Morgan fingerprint density at radius 3 is 2.68 bits per heavy atom. The fourth-order valence-electron chi connectivity index (χ4n) is 2.60. The molecule has 6 nitrogen and oxygen atoms in total. The third-order valence-corrected chi connectivity index (χ3v) is 5.51. The molecule has 0 radical (unpaired) electrons. The molecular formula is C20H21ClN4O2S. The van der Waals surface area contributed by atoms with E-state index >= 15 is 0 Å². The number of carbonyl (C=O) groups excluding carboxylic acids is 1. The number of hydrogen-bond acceptors (Lipinski definition) is 5. The van der Waals surface area contributed by atoms with Crippen LogP contribution in [-0.4, -0.2) is 33.5 Å². The average Bonchev–Trinajstić information content (AvgIpc) is 3.03. The predicted molar refractivity (Wildman–Crippen MR) is 112 cm³/mol. The third-order valence-electron chi connectivity index (χ3n) is 4.25. The monoisotopic (exact) mass is 416 g/mol. The van der Waals surface area contributed by atoms with E-state index in [-0.39, 0.29) is 11.7 Å². The van der Waals surface area contributed by atoms with Gasteiger partial charge in [-0.15, -0.1) is 10.2 Å². The summed E-state index contributed by atoms with van der Waals surface area (Å²) in [5.41, 5.74) is 2.79. The zero-order valence-corrected chi connectivity index (χ0v) is 17.5. The predicted octanol–water partition coefficient (Wildman–Crippen LogP) is 4.11. The van der Waals surface area contributed by atoms with Gasteiger partial charge in [0.2, 0.25) is 5.91 Å². The van der Waals surface area contributed by atoms with E-state index in [2.05, 4.69) is 15.5 Å². The lowest BCUT2D eigenvalue weighted by atomic mass is 10.1. The smallest absolute Gasteiger partial charge is 0.234 e. The summed E-state index contributed by atoms with van der Waals surface area (Å²) in [5.74, 6) is 1.77. The molecule has 0 saturated heterocycles. The maximum absolute atomic E-state index is 12.3. The summed E-state index contributed by atoms with van der Waals surface area (Å²) in [4.78, 5) is 12.3. The number of nitrogens with zero attached hydrogens (tertiary/aromatic N) is 3. The van der Waals surface area contributed by atoms with Crippen LogP contribution in [0.25, 0.3) is 0 Å². The number of halogens is 1. The van der Waals surface area contributed by atoms with E-state index in [4.69, 9.17) is 16.3 Å². The SMILES string of the molecule is COc1ccc(Cc2nnc(SCC(=O)Nc3cc(Cl)ccc3C)n2C)cc1. The molecule has 0 aliphatic carbocycles. The van der Waals surface area contributed by atoms with Gasteiger partial charge in [0.05, 0.1) is 12.9 Å². The molecule has 3 aromatic rings. The number of rotatable bonds is 7. The van der Waals surface area contributed by atoms with Crippen molar-refractivity contribution in [3.63, 3.8) is 0 Å². The second kappa shape index (κ2) is 9.12. The Labute approximate surface area is 173 Å². The summed E-state index contributed by atoms with van der Waals surface area (Å²) in [6, 6.07) is 13.3. The average molecular weight is 417 g/mol. The number of amides is 1. The standard InChI is InChI=1S/C20H21ClN4O2S/c1-13-4-7-15(21)11-17(13)22-19(26)12-28-20-24-23-18(25(20)2)10-14-5-8-16(27-3)9-6-14/h4-9,11H,10,12H2,1-3H3,(H,22,26). The van der Waals surface area contributed by atoms with Crippen molar-refractivity contribution in [1.29, 1.82) is 0 Å². The van der Waals surface area contributed by atoms with Crippen molar-refractivity contribution in [2.24, 2.45) is 7.05 Å². The molecule has 0 unspecified atom stereocenters. The maximum Gasteiger partial charge on any atom is 0.234 e. The molecule has 8 heteroatoms. The van der Waals surface area contributed by atoms with Gasteiger partial charge in [-0.3, -0.25) is 4.79 Å². The molecule has 1 aromatic heterocycles. The van der Waals surface area contributed by atoms with E-state index < -0.39 is 0 Å². The van der Waals surface area contributed by atoms with Crippen LogP contribution in [0.15, 0.2) is 47.6 Å². The van der Waals surface area contributed by atoms with Crippen LogP contribution in [0, 0.1) is 6.92 Å². The summed E-state index contributed by atoms with van der Waals surface area (Å²) in [5, 5.41) is 12.6. The number of thioether (sulfide) groups is 1. The lowest BCUT2D eigenvalue weighted by Gasteiger charge is -2.09. The van der Waals surface area contributed by atoms with Crippen molar-refractivity contribution in [3.8, 4) is 5.75 Å². The number of carbonyl (C=O) groups is 1. The van der Waals surface area contributed by atoms with E-state index in [0.717, 1.165) is 28.4 Å². The molecule has 0 bridgehead atoms. The minimum Gasteiger partial charge on any atom is -0.497 e. The fraction of sp³-hybridized carbons (Fsp3) is 0.250. The van der Waals surface area contributed by atoms with Gasteiger partial charge in [0.25, 0.3) is 0 Å². The molecule has 0 aliphatic heterocycles. The number of methoxy groups -OCH3 is 1. The van der Waals surface area contributed by atoms with Crippen LogP contribution in [0.3, 0.4) is 0 Å². The van der Waals surface area contributed by atoms with Gasteiger partial charge in [-0.1, -0.05) is 41.6 Å². The van der Waals surface area contributed by atoms with Crippen LogP contribution in [0.1, 0.15) is 17.0 Å². The van der Waals surface area contributed by atoms with Gasteiger partial charge < -0.3 is 14.6 Å². The maximum atomic E-state index is 12.3. The minimum absolute atomic E-state index is 0.116. The number of anilines is 1. The molecule has 3 rings (SSSR count). The van der Waals surface area contributed by atoms with Gasteiger partial charge in [-0.25, -0.2) is 0 Å². The van der Waals surface area contributed by atoms with Crippen molar-refractivity contribution < 1.29 is 9.53 Å². The number of ether oxygens (including phenoxy) is 1. The van der Waals surface area contributed by atoms with Crippen LogP contribution in [-0.2, 0) is 18.3 Å². The molecule has 0 fully saturated rings. The summed E-state index contributed by atoms with van der Waals surface area (Å²) in [6.07, 6.45) is 0.655. The molecule has 0 saturated carbocycles. The number of hydrogen-bond donors (Lipinski definition) is 1. The molecule has 146 valence electrons. The molecule has 0 aliphatic rings. The molecular weight excluding hydrogens is 396 g/mol. The molecule has 1 heterocycles. The van der Waals surface area contributed by atoms with Crippen molar-refractivity contribution >= 4 is 35.0 Å². The van der Waals surface area contributed by atoms with Crippen molar-refractivity contribution in [3.05, 3.63) is 64.4 Å². The third kappa shape index (κ3) is 5.05. The van der Waals surface area contributed by atoms with E-state index in [1.165, 1.54) is 11.8 Å². The van der Waals surface area contributed by atoms with Crippen LogP contribution in [0.4, 0.5) is 5.69 Å². The Bertz CT molecular complexity index is 973. The summed E-state index contributed by atoms with van der Waals surface area (Å²) in [6.45, 7) is 1.92. The van der Waals surface area contributed by atoms with Gasteiger partial charge in [0.1, 0.15) is 11.6 Å². The second-order valence-corrected chi connectivity index (χ2v) is 7.66. The molecule has 1 amide bonds. The van der Waals surface area contributed by atoms with Crippen molar-refractivity contribution in [1.82, 2.24) is 14.8 Å². The first-order chi connectivity index (χ1) is 13.5. The Balaban J connectivity index is 1.59. The highest BCUT2D eigenvalue weighted by Gasteiger charge is 2.13. The van der Waals surface area contributed by atoms with Gasteiger partial charge >= 0.3 is 0 Å². The fourth-order valence-corrected chi connectivity index (χ4v) is 3.50. The van der Waals surface area contributed by atoms with E-state index in [9.17, 15) is 4.79 Å². The van der Waals surface area contributed by atoms with Crippen molar-refractivity contribution in [2.75, 3.05) is 18.2 Å². The number of aromatic nitrogens is 3. The normalized spacial score (nSPS) is 10.7. The number of benzene rings is 2. The van der Waals surface area contributed by atoms with Crippen LogP contribution in [0.2, 0.25) is 5.02 Å². The van der Waals surface area contributed by atoms with E-state index in [1.807, 2.05) is 48.9 Å². The second-order valence-electron chi connectivity index (χ2n) is 6.28. The van der Waals surface area contributed by atoms with Crippen LogP contribution in [0.5, 0.6) is 5.75 Å². The first kappa shape index (κ1) is 20.2. The highest BCUT2D eigenvalue weighted by Crippen LogP contribution is 2.22. The summed E-state index contributed by atoms with van der Waals surface area (Å²) in [7, 11) is 3.55. The van der Waals surface area contributed by atoms with E-state index in [1.54, 1.807) is 19.2 Å². The first-order valence-electron chi connectivity index (χ1n) is 8.66. The summed E-state index contributed by atoms with van der Waals surface area (Å²) >= 11 is 7.34. The van der Waals surface area contributed by atoms with Gasteiger partial charge in [-0.05, 0) is 42.3 Å². The number of nitrogens with one attached hydrogen (secondary N) is 1. The Morgan fingerprint density at radius 1 is 1.21 bits per heavy atom. The zero-order valence-electron chi connectivity index (χ0n) is 15.9. The van der Waals surface area contributed by atoms with Crippen LogP contribution >= 0.6 is 23.4 Å². The van der Waals surface area contributed by atoms with E-state index in [0.29, 0.717) is 16.6 Å². The summed E-state index contributed by atoms with van der Waals surface area (Å²) < 4.78 is 7.09. The molecule has 1 N–H and O–H groups in total. The highest BCUT2D eigenvalue weighted by atomic mass is 35.5. The highest BCUT2D eigenvalue weighted by molar-refractivity contribution is 7.99. The molecule has 0 spiro atoms. The van der Waals surface area contributed by atoms with Crippen molar-refractivity contribution in [2.45, 2.75) is 18.5 Å². The topological polar surface area (TPSA) is 69.0 Å². The Hall–Kier alpha value is -2.51. The van der Waals surface area contributed by atoms with Gasteiger partial charge in [0, 0.05) is 24.2 Å². The lowest BCUT2D eigenvalue weighted by Crippen LogP contribution is -2.15.